The van der Waals surface area contributed by atoms with E-state index >= 15 is 0 Å². The van der Waals surface area contributed by atoms with Crippen molar-refractivity contribution in [2.24, 2.45) is 0 Å². The van der Waals surface area contributed by atoms with E-state index in [9.17, 15) is 13.6 Å². The van der Waals surface area contributed by atoms with Gasteiger partial charge in [0.25, 0.3) is 0 Å². The lowest BCUT2D eigenvalue weighted by atomic mass is 10.2. The van der Waals surface area contributed by atoms with E-state index in [2.05, 4.69) is 5.32 Å². The topological polar surface area (TPSA) is 78.5 Å². The lowest BCUT2D eigenvalue weighted by Gasteiger charge is -2.07. The predicted octanol–water partition coefficient (Wildman–Crippen LogP) is 1.18. The summed E-state index contributed by atoms with van der Waals surface area (Å²) in [5, 5.41) is 2.47. The van der Waals surface area contributed by atoms with Crippen LogP contribution < -0.4 is 5.32 Å². The second kappa shape index (κ2) is 7.81. The van der Waals surface area contributed by atoms with E-state index < -0.39 is 17.2 Å². The molecule has 0 bridgehead atoms. The Labute approximate surface area is 102 Å². The molecule has 0 aliphatic carbocycles. The van der Waals surface area contributed by atoms with Crippen molar-refractivity contribution < 1.29 is 18.3 Å². The highest BCUT2D eigenvalue weighted by molar-refractivity contribution is 7.79. The second-order valence-corrected chi connectivity index (χ2v) is 4.37. The number of hydrogen-bond donors (Lipinski definition) is 1. The summed E-state index contributed by atoms with van der Waals surface area (Å²) in [5.74, 6) is 0.0406. The van der Waals surface area contributed by atoms with Crippen molar-refractivity contribution in [2.45, 2.75) is 13.0 Å². The monoisotopic (exact) mass is 256 g/mol. The van der Waals surface area contributed by atoms with Crippen LogP contribution in [0.15, 0.2) is 30.3 Å². The van der Waals surface area contributed by atoms with Gasteiger partial charge in [-0.1, -0.05) is 41.4 Å². The minimum absolute atomic E-state index is 0.0406. The molecule has 1 rings (SSSR count). The molecule has 0 aliphatic heterocycles. The lowest BCUT2D eigenvalue weighted by molar-refractivity contribution is 0.139. The molecule has 0 aliphatic rings. The van der Waals surface area contributed by atoms with E-state index in [0.29, 0.717) is 13.0 Å². The molecule has 1 unspecified atom stereocenters. The largest absolute Gasteiger partial charge is 0.772 e. The molecule has 1 aromatic carbocycles. The number of ether oxygens (including phenoxy) is 1. The molecule has 0 saturated heterocycles. The lowest BCUT2D eigenvalue weighted by Crippen LogP contribution is -2.26. The SMILES string of the molecule is O=C(NCCCS(=O)[O-])OCc1ccccc1. The van der Waals surface area contributed by atoms with Gasteiger partial charge in [-0.3, -0.25) is 4.21 Å². The molecule has 6 heteroatoms. The summed E-state index contributed by atoms with van der Waals surface area (Å²) in [7, 11) is 0. The van der Waals surface area contributed by atoms with Gasteiger partial charge >= 0.3 is 6.09 Å². The zero-order valence-electron chi connectivity index (χ0n) is 9.26. The van der Waals surface area contributed by atoms with Crippen molar-refractivity contribution in [3.05, 3.63) is 35.9 Å². The number of benzene rings is 1. The smallest absolute Gasteiger partial charge is 0.407 e. The molecule has 1 N–H and O–H groups in total. The molecular formula is C11H14NO4S-. The second-order valence-electron chi connectivity index (χ2n) is 3.35. The Kier molecular flexibility index (Phi) is 6.27. The Balaban J connectivity index is 2.11. The highest BCUT2D eigenvalue weighted by atomic mass is 32.2. The Bertz CT molecular complexity index is 369. The average Bonchev–Trinajstić information content (AvgIpc) is 2.33. The zero-order chi connectivity index (χ0) is 12.5. The predicted molar refractivity (Wildman–Crippen MR) is 63.0 cm³/mol. The number of rotatable bonds is 6. The molecule has 1 atom stereocenters. The maximum absolute atomic E-state index is 11.2. The third-order valence-electron chi connectivity index (χ3n) is 1.97. The molecule has 17 heavy (non-hydrogen) atoms. The molecule has 0 saturated carbocycles. The minimum Gasteiger partial charge on any atom is -0.772 e. The molecule has 1 amide bonds. The Morgan fingerprint density at radius 1 is 1.35 bits per heavy atom. The third kappa shape index (κ3) is 6.70. The van der Waals surface area contributed by atoms with Crippen LogP contribution in [0.25, 0.3) is 0 Å². The van der Waals surface area contributed by atoms with Crippen LogP contribution in [-0.4, -0.2) is 27.2 Å². The first-order valence-electron chi connectivity index (χ1n) is 5.19. The Morgan fingerprint density at radius 2 is 2.06 bits per heavy atom. The Morgan fingerprint density at radius 3 is 2.71 bits per heavy atom. The number of amides is 1. The first-order chi connectivity index (χ1) is 8.18. The van der Waals surface area contributed by atoms with Crippen molar-refractivity contribution >= 4 is 17.2 Å². The summed E-state index contributed by atoms with van der Waals surface area (Å²) in [6.45, 7) is 0.502. The first kappa shape index (κ1) is 13.7. The zero-order valence-corrected chi connectivity index (χ0v) is 10.1. The summed E-state index contributed by atoms with van der Waals surface area (Å²) in [4.78, 5) is 11.2. The molecule has 0 radical (unpaired) electrons. The van der Waals surface area contributed by atoms with Crippen LogP contribution in [0.3, 0.4) is 0 Å². The quantitative estimate of drug-likeness (QED) is 0.612. The molecule has 0 heterocycles. The van der Waals surface area contributed by atoms with Crippen molar-refractivity contribution in [1.82, 2.24) is 5.32 Å². The van der Waals surface area contributed by atoms with Gasteiger partial charge in [-0.15, -0.1) is 0 Å². The van der Waals surface area contributed by atoms with Crippen LogP contribution in [0.4, 0.5) is 4.79 Å². The van der Waals surface area contributed by atoms with E-state index in [1.54, 1.807) is 0 Å². The van der Waals surface area contributed by atoms with Gasteiger partial charge in [-0.2, -0.15) is 0 Å². The van der Waals surface area contributed by atoms with E-state index in [1.165, 1.54) is 0 Å². The highest BCUT2D eigenvalue weighted by Gasteiger charge is 2.01. The van der Waals surface area contributed by atoms with E-state index in [0.717, 1.165) is 5.56 Å². The maximum Gasteiger partial charge on any atom is 0.407 e. The van der Waals surface area contributed by atoms with Gasteiger partial charge in [0.15, 0.2) is 0 Å². The Hall–Kier alpha value is -1.40. The van der Waals surface area contributed by atoms with Gasteiger partial charge < -0.3 is 14.6 Å². The summed E-state index contributed by atoms with van der Waals surface area (Å²) in [6, 6.07) is 9.31. The van der Waals surface area contributed by atoms with Crippen molar-refractivity contribution in [3.63, 3.8) is 0 Å². The molecule has 1 aromatic rings. The first-order valence-corrected chi connectivity index (χ1v) is 6.43. The molecule has 0 fully saturated rings. The van der Waals surface area contributed by atoms with Gasteiger partial charge in [0.1, 0.15) is 6.61 Å². The van der Waals surface area contributed by atoms with Crippen LogP contribution in [0.5, 0.6) is 0 Å². The standard InChI is InChI=1S/C11H15NO4S/c13-11(12-7-4-8-17(14)15)16-9-10-5-2-1-3-6-10/h1-3,5-6H,4,7-9H2,(H,12,13)(H,14,15)/p-1. The minimum atomic E-state index is -2.06. The normalized spacial score (nSPS) is 11.8. The molecular weight excluding hydrogens is 242 g/mol. The fraction of sp³-hybridized carbons (Fsp3) is 0.364. The van der Waals surface area contributed by atoms with Crippen LogP contribution in [0.1, 0.15) is 12.0 Å². The van der Waals surface area contributed by atoms with Gasteiger partial charge in [0, 0.05) is 12.3 Å². The fourth-order valence-corrected chi connectivity index (χ4v) is 1.53. The third-order valence-corrected chi connectivity index (χ3v) is 2.59. The maximum atomic E-state index is 11.2. The van der Waals surface area contributed by atoms with Crippen molar-refractivity contribution in [3.8, 4) is 0 Å². The molecule has 94 valence electrons. The van der Waals surface area contributed by atoms with Crippen LogP contribution >= 0.6 is 0 Å². The van der Waals surface area contributed by atoms with Crippen LogP contribution in [-0.2, 0) is 22.4 Å². The van der Waals surface area contributed by atoms with Crippen molar-refractivity contribution in [1.29, 1.82) is 0 Å². The number of nitrogens with one attached hydrogen (secondary N) is 1. The number of alkyl carbamates (subject to hydrolysis) is 1. The van der Waals surface area contributed by atoms with E-state index in [4.69, 9.17) is 4.74 Å². The van der Waals surface area contributed by atoms with Gasteiger partial charge in [-0.05, 0) is 12.0 Å². The molecule has 0 spiro atoms. The number of carbonyl (C=O) groups excluding carboxylic acids is 1. The van der Waals surface area contributed by atoms with Crippen molar-refractivity contribution in [2.75, 3.05) is 12.3 Å². The summed E-state index contributed by atoms with van der Waals surface area (Å²) in [5.41, 5.74) is 0.906. The highest BCUT2D eigenvalue weighted by Crippen LogP contribution is 2.00. The van der Waals surface area contributed by atoms with Gasteiger partial charge in [0.05, 0.1) is 0 Å². The molecule has 0 aromatic heterocycles. The van der Waals surface area contributed by atoms with Gasteiger partial charge in [-0.25, -0.2) is 4.79 Å². The van der Waals surface area contributed by atoms with Gasteiger partial charge in [0.2, 0.25) is 0 Å². The van der Waals surface area contributed by atoms with E-state index in [-0.39, 0.29) is 12.4 Å². The van der Waals surface area contributed by atoms with Crippen LogP contribution in [0.2, 0.25) is 0 Å². The van der Waals surface area contributed by atoms with E-state index in [1.807, 2.05) is 30.3 Å². The average molecular weight is 256 g/mol. The number of carbonyl (C=O) groups is 1. The fourth-order valence-electron chi connectivity index (χ4n) is 1.15. The summed E-state index contributed by atoms with van der Waals surface area (Å²) >= 11 is -2.06. The number of hydrogen-bond acceptors (Lipinski definition) is 4. The summed E-state index contributed by atoms with van der Waals surface area (Å²) in [6.07, 6.45) is -0.151. The van der Waals surface area contributed by atoms with Crippen LogP contribution in [0, 0.1) is 0 Å². The summed E-state index contributed by atoms with van der Waals surface area (Å²) < 4.78 is 25.4. The molecule has 5 nitrogen and oxygen atoms in total.